The maximum absolute atomic E-state index is 12.7. The summed E-state index contributed by atoms with van der Waals surface area (Å²) in [7, 11) is 1.67. The van der Waals surface area contributed by atoms with Crippen LogP contribution in [0.1, 0.15) is 12.8 Å². The number of allylic oxidation sites excluding steroid dienone is 1. The Balaban J connectivity index is 2.27. The minimum Gasteiger partial charge on any atom is -0.373 e. The Labute approximate surface area is 104 Å². The van der Waals surface area contributed by atoms with Crippen molar-refractivity contribution in [1.29, 1.82) is 0 Å². The van der Waals surface area contributed by atoms with Crippen LogP contribution in [0.3, 0.4) is 0 Å². The van der Waals surface area contributed by atoms with Crippen LogP contribution < -0.4 is 0 Å². The number of carbonyl (C=O) groups excluding carboxylic acids is 1. The topological polar surface area (TPSA) is 23.6 Å². The lowest BCUT2D eigenvalue weighted by Crippen LogP contribution is -2.31. The largest absolute Gasteiger partial charge is 0.414 e. The van der Waals surface area contributed by atoms with Crippen molar-refractivity contribution in [2.75, 3.05) is 26.7 Å². The van der Waals surface area contributed by atoms with E-state index in [2.05, 4.69) is 0 Å². The van der Waals surface area contributed by atoms with Gasteiger partial charge in [-0.25, -0.2) is 0 Å². The van der Waals surface area contributed by atoms with Crippen molar-refractivity contribution in [2.24, 2.45) is 0 Å². The minimum atomic E-state index is -4.27. The second-order valence-corrected chi connectivity index (χ2v) is 4.64. The Kier molecular flexibility index (Phi) is 3.36. The van der Waals surface area contributed by atoms with E-state index in [1.165, 1.54) is 6.08 Å². The maximum Gasteiger partial charge on any atom is 0.414 e. The highest BCUT2D eigenvalue weighted by atomic mass is 19.4. The SMILES string of the molecule is CN1CC(C(F)(F)F)=CC2=C1CCN(C=O)CC2. The molecule has 6 heteroatoms. The summed E-state index contributed by atoms with van der Waals surface area (Å²) in [5.41, 5.74) is 1.12. The molecule has 0 N–H and O–H groups in total. The molecule has 2 rings (SSSR count). The molecule has 0 saturated heterocycles. The molecule has 0 unspecified atom stereocenters. The van der Waals surface area contributed by atoms with Gasteiger partial charge in [0.15, 0.2) is 0 Å². The second-order valence-electron chi connectivity index (χ2n) is 4.64. The van der Waals surface area contributed by atoms with E-state index in [9.17, 15) is 18.0 Å². The molecule has 0 aromatic carbocycles. The van der Waals surface area contributed by atoms with Crippen LogP contribution in [0.2, 0.25) is 0 Å². The Hall–Kier alpha value is -1.46. The fourth-order valence-corrected chi connectivity index (χ4v) is 2.41. The van der Waals surface area contributed by atoms with Gasteiger partial charge in [0.2, 0.25) is 6.41 Å². The zero-order chi connectivity index (χ0) is 13.3. The van der Waals surface area contributed by atoms with Gasteiger partial charge in [0, 0.05) is 38.8 Å². The van der Waals surface area contributed by atoms with Crippen LogP contribution in [-0.4, -0.2) is 49.1 Å². The number of amides is 1. The van der Waals surface area contributed by atoms with E-state index >= 15 is 0 Å². The normalized spacial score (nSPS) is 21.4. The van der Waals surface area contributed by atoms with Crippen molar-refractivity contribution in [3.63, 3.8) is 0 Å². The molecule has 0 spiro atoms. The number of hydrogen-bond acceptors (Lipinski definition) is 2. The third kappa shape index (κ3) is 2.52. The van der Waals surface area contributed by atoms with Crippen LogP contribution in [0.5, 0.6) is 0 Å². The zero-order valence-electron chi connectivity index (χ0n) is 10.1. The third-order valence-electron chi connectivity index (χ3n) is 3.40. The standard InChI is InChI=1S/C12H15F3N2O/c1-16-7-10(12(13,14)15)6-9-2-4-17(8-18)5-3-11(9)16/h6,8H,2-5,7H2,1H3. The fourth-order valence-electron chi connectivity index (χ4n) is 2.41. The maximum atomic E-state index is 12.7. The highest BCUT2D eigenvalue weighted by Crippen LogP contribution is 2.34. The summed E-state index contributed by atoms with van der Waals surface area (Å²) in [4.78, 5) is 14.0. The van der Waals surface area contributed by atoms with Crippen LogP contribution >= 0.6 is 0 Å². The predicted octanol–water partition coefficient (Wildman–Crippen LogP) is 1.93. The molecule has 0 aliphatic carbocycles. The lowest BCUT2D eigenvalue weighted by molar-refractivity contribution is -0.118. The van der Waals surface area contributed by atoms with Crippen LogP contribution in [0.25, 0.3) is 0 Å². The van der Waals surface area contributed by atoms with Gasteiger partial charge in [-0.3, -0.25) is 4.79 Å². The van der Waals surface area contributed by atoms with Gasteiger partial charge in [-0.15, -0.1) is 0 Å². The molecule has 0 aromatic rings. The van der Waals surface area contributed by atoms with E-state index in [0.717, 1.165) is 12.1 Å². The third-order valence-corrected chi connectivity index (χ3v) is 3.40. The van der Waals surface area contributed by atoms with Gasteiger partial charge in [-0.05, 0) is 18.1 Å². The van der Waals surface area contributed by atoms with Gasteiger partial charge < -0.3 is 9.80 Å². The van der Waals surface area contributed by atoms with Crippen molar-refractivity contribution < 1.29 is 18.0 Å². The Morgan fingerprint density at radius 1 is 1.28 bits per heavy atom. The number of halogens is 3. The number of nitrogens with zero attached hydrogens (tertiary/aromatic N) is 2. The van der Waals surface area contributed by atoms with Gasteiger partial charge in [-0.2, -0.15) is 13.2 Å². The molecule has 2 aliphatic rings. The minimum absolute atomic E-state index is 0.108. The van der Waals surface area contributed by atoms with E-state index in [1.54, 1.807) is 16.8 Å². The van der Waals surface area contributed by atoms with E-state index in [0.29, 0.717) is 31.5 Å². The summed E-state index contributed by atoms with van der Waals surface area (Å²) < 4.78 is 38.2. The second kappa shape index (κ2) is 4.66. The van der Waals surface area contributed by atoms with E-state index in [4.69, 9.17) is 0 Å². The predicted molar refractivity (Wildman–Crippen MR) is 60.7 cm³/mol. The average molecular weight is 260 g/mol. The van der Waals surface area contributed by atoms with Crippen LogP contribution in [-0.2, 0) is 4.79 Å². The molecule has 100 valence electrons. The van der Waals surface area contributed by atoms with Crippen LogP contribution in [0, 0.1) is 0 Å². The molecule has 0 aromatic heterocycles. The zero-order valence-corrected chi connectivity index (χ0v) is 10.1. The van der Waals surface area contributed by atoms with Crippen molar-refractivity contribution >= 4 is 6.41 Å². The Morgan fingerprint density at radius 3 is 2.56 bits per heavy atom. The molecular formula is C12H15F3N2O. The molecule has 0 radical (unpaired) electrons. The van der Waals surface area contributed by atoms with E-state index < -0.39 is 11.7 Å². The number of hydrogen-bond donors (Lipinski definition) is 0. The highest BCUT2D eigenvalue weighted by Gasteiger charge is 2.37. The Bertz CT molecular complexity index is 412. The summed E-state index contributed by atoms with van der Waals surface area (Å²) in [6.45, 7) is 0.948. The van der Waals surface area contributed by atoms with Crippen LogP contribution in [0.4, 0.5) is 13.2 Å². The van der Waals surface area contributed by atoms with Gasteiger partial charge in [-0.1, -0.05) is 0 Å². The van der Waals surface area contributed by atoms with Crippen molar-refractivity contribution in [2.45, 2.75) is 19.0 Å². The molecule has 0 bridgehead atoms. The highest BCUT2D eigenvalue weighted by molar-refractivity contribution is 5.48. The van der Waals surface area contributed by atoms with Crippen molar-refractivity contribution in [1.82, 2.24) is 9.80 Å². The summed E-state index contributed by atoms with van der Waals surface area (Å²) in [5.74, 6) is 0. The number of likely N-dealkylation sites (N-methyl/N-ethyl adjacent to an activating group) is 1. The fraction of sp³-hybridized carbons (Fsp3) is 0.583. The number of carbonyl (C=O) groups is 1. The molecule has 0 fully saturated rings. The van der Waals surface area contributed by atoms with Gasteiger partial charge in [0.25, 0.3) is 0 Å². The Morgan fingerprint density at radius 2 is 1.94 bits per heavy atom. The average Bonchev–Trinajstić information content (AvgIpc) is 2.50. The van der Waals surface area contributed by atoms with E-state index in [-0.39, 0.29) is 6.54 Å². The van der Waals surface area contributed by atoms with Gasteiger partial charge >= 0.3 is 6.18 Å². The molecule has 0 atom stereocenters. The first kappa shape index (κ1) is 13.0. The molecule has 18 heavy (non-hydrogen) atoms. The lowest BCUT2D eigenvalue weighted by Gasteiger charge is -2.30. The summed E-state index contributed by atoms with van der Waals surface area (Å²) in [5, 5.41) is 0. The number of alkyl halides is 3. The molecule has 3 nitrogen and oxygen atoms in total. The quantitative estimate of drug-likeness (QED) is 0.673. The lowest BCUT2D eigenvalue weighted by atomic mass is 10.00. The summed E-state index contributed by atoms with van der Waals surface area (Å²) in [6.07, 6.45) is -1.16. The molecular weight excluding hydrogens is 245 g/mol. The first-order chi connectivity index (χ1) is 8.41. The molecule has 1 amide bonds. The monoisotopic (exact) mass is 260 g/mol. The molecule has 2 heterocycles. The van der Waals surface area contributed by atoms with Crippen molar-refractivity contribution in [3.8, 4) is 0 Å². The smallest absolute Gasteiger partial charge is 0.373 e. The van der Waals surface area contributed by atoms with E-state index in [1.807, 2.05) is 0 Å². The van der Waals surface area contributed by atoms with Crippen LogP contribution in [0.15, 0.2) is 22.9 Å². The summed E-state index contributed by atoms with van der Waals surface area (Å²) >= 11 is 0. The summed E-state index contributed by atoms with van der Waals surface area (Å²) in [6, 6.07) is 0. The first-order valence-electron chi connectivity index (χ1n) is 5.82. The molecule has 2 aliphatic heterocycles. The molecule has 0 saturated carbocycles. The van der Waals surface area contributed by atoms with Gasteiger partial charge in [0.1, 0.15) is 0 Å². The van der Waals surface area contributed by atoms with Crippen molar-refractivity contribution in [3.05, 3.63) is 22.9 Å². The first-order valence-corrected chi connectivity index (χ1v) is 5.82. The van der Waals surface area contributed by atoms with Gasteiger partial charge in [0.05, 0.1) is 5.57 Å². The number of rotatable bonds is 1.